The number of piperazine rings is 1. The van der Waals surface area contributed by atoms with Gasteiger partial charge >= 0.3 is 5.97 Å². The summed E-state index contributed by atoms with van der Waals surface area (Å²) < 4.78 is 10.3. The number of carbonyl (C=O) groups is 3. The highest BCUT2D eigenvalue weighted by Crippen LogP contribution is 2.33. The highest BCUT2D eigenvalue weighted by atomic mass is 35.5. The number of amides is 2. The molecule has 2 heterocycles. The lowest BCUT2D eigenvalue weighted by Gasteiger charge is -2.36. The van der Waals surface area contributed by atoms with Crippen molar-refractivity contribution in [2.75, 3.05) is 68.1 Å². The monoisotopic (exact) mass is 663 g/mol. The van der Waals surface area contributed by atoms with E-state index >= 15 is 0 Å². The maximum Gasteiger partial charge on any atom is 0.338 e. The number of anilines is 3. The van der Waals surface area contributed by atoms with E-state index in [1.165, 1.54) is 17.7 Å². The summed E-state index contributed by atoms with van der Waals surface area (Å²) in [6, 6.07) is 21.1. The first-order valence-electron chi connectivity index (χ1n) is 15.4. The van der Waals surface area contributed by atoms with Crippen molar-refractivity contribution >= 4 is 63.8 Å². The van der Waals surface area contributed by atoms with Crippen LogP contribution in [0, 0.1) is 0 Å². The van der Waals surface area contributed by atoms with Crippen molar-refractivity contribution in [2.45, 2.75) is 25.8 Å². The van der Waals surface area contributed by atoms with E-state index in [0.717, 1.165) is 39.1 Å². The van der Waals surface area contributed by atoms with Gasteiger partial charge in [-0.2, -0.15) is 0 Å². The fraction of sp³-hybridized carbons (Fsp3) is 0.353. The van der Waals surface area contributed by atoms with Crippen LogP contribution in [-0.2, 0) is 14.3 Å². The number of nitrogens with one attached hydrogen (secondary N) is 1. The smallest absolute Gasteiger partial charge is 0.338 e. The maximum atomic E-state index is 13.9. The van der Waals surface area contributed by atoms with Crippen molar-refractivity contribution in [1.29, 1.82) is 0 Å². The van der Waals surface area contributed by atoms with Gasteiger partial charge in [-0.15, -0.1) is 0 Å². The Bertz CT molecular complexity index is 1550. The summed E-state index contributed by atoms with van der Waals surface area (Å²) in [7, 11) is 1.52. The lowest BCUT2D eigenvalue weighted by molar-refractivity contribution is -0.124. The summed E-state index contributed by atoms with van der Waals surface area (Å²) in [5.74, 6) is -0.591. The van der Waals surface area contributed by atoms with Crippen LogP contribution in [0.2, 0.25) is 5.02 Å². The molecular formula is C34H38ClN5O5S. The Morgan fingerprint density at radius 1 is 0.957 bits per heavy atom. The van der Waals surface area contributed by atoms with Gasteiger partial charge in [0.2, 0.25) is 5.91 Å². The van der Waals surface area contributed by atoms with Crippen molar-refractivity contribution in [3.63, 3.8) is 0 Å². The van der Waals surface area contributed by atoms with Crippen LogP contribution < -0.4 is 19.9 Å². The fourth-order valence-electron chi connectivity index (χ4n) is 5.74. The molecule has 12 heteroatoms. The number of halogens is 1. The minimum atomic E-state index is -0.790. The van der Waals surface area contributed by atoms with Crippen LogP contribution in [0.5, 0.6) is 5.75 Å². The number of methoxy groups -OCH3 is 1. The van der Waals surface area contributed by atoms with E-state index in [1.54, 1.807) is 49.4 Å². The molecule has 1 N–H and O–H groups in total. The van der Waals surface area contributed by atoms with Crippen LogP contribution >= 0.6 is 23.8 Å². The molecule has 0 radical (unpaired) electrons. The first-order valence-corrected chi connectivity index (χ1v) is 16.1. The van der Waals surface area contributed by atoms with Crippen LogP contribution in [0.15, 0.2) is 72.8 Å². The number of para-hydroxylation sites is 1. The number of hydrogen-bond acceptors (Lipinski definition) is 8. The number of carbonyl (C=O) groups excluding carboxylic acids is 3. The van der Waals surface area contributed by atoms with Crippen molar-refractivity contribution in [2.24, 2.45) is 0 Å². The predicted octanol–water partition coefficient (Wildman–Crippen LogP) is 5.07. The van der Waals surface area contributed by atoms with E-state index in [9.17, 15) is 14.4 Å². The second-order valence-electron chi connectivity index (χ2n) is 11.1. The third kappa shape index (κ3) is 7.78. The molecule has 2 aliphatic rings. The summed E-state index contributed by atoms with van der Waals surface area (Å²) in [5, 5.41) is 3.53. The molecule has 5 rings (SSSR count). The van der Waals surface area contributed by atoms with Gasteiger partial charge in [0.05, 0.1) is 36.4 Å². The molecule has 0 spiro atoms. The van der Waals surface area contributed by atoms with Crippen LogP contribution in [0.3, 0.4) is 0 Å². The van der Waals surface area contributed by atoms with Gasteiger partial charge in [-0.25, -0.2) is 4.79 Å². The molecule has 242 valence electrons. The SMILES string of the molecule is CCOC(=O)c1ccc(NC(=O)C[C@H]2C(=O)N(c3ccc(OC)c(Cl)c3)C(=S)N2CCCN2CCN(c3ccccc3)CC2)cc1. The van der Waals surface area contributed by atoms with Gasteiger partial charge in [0, 0.05) is 44.1 Å². The molecule has 0 aromatic heterocycles. The summed E-state index contributed by atoms with van der Waals surface area (Å²) in [6.07, 6.45) is 0.665. The lowest BCUT2D eigenvalue weighted by Crippen LogP contribution is -2.47. The van der Waals surface area contributed by atoms with E-state index in [0.29, 0.717) is 39.4 Å². The maximum absolute atomic E-state index is 13.9. The number of ether oxygens (including phenoxy) is 2. The number of nitrogens with zero attached hydrogens (tertiary/aromatic N) is 4. The normalized spacial score (nSPS) is 16.9. The minimum Gasteiger partial charge on any atom is -0.495 e. The van der Waals surface area contributed by atoms with E-state index < -0.39 is 12.0 Å². The van der Waals surface area contributed by atoms with Gasteiger partial charge in [-0.1, -0.05) is 29.8 Å². The Hall–Kier alpha value is -4.19. The molecular weight excluding hydrogens is 626 g/mol. The van der Waals surface area contributed by atoms with E-state index in [1.807, 2.05) is 11.0 Å². The summed E-state index contributed by atoms with van der Waals surface area (Å²) >= 11 is 12.2. The van der Waals surface area contributed by atoms with Gasteiger partial charge < -0.3 is 24.6 Å². The van der Waals surface area contributed by atoms with E-state index in [2.05, 4.69) is 39.4 Å². The van der Waals surface area contributed by atoms with Crippen LogP contribution in [0.1, 0.15) is 30.1 Å². The molecule has 3 aromatic carbocycles. The largest absolute Gasteiger partial charge is 0.495 e. The van der Waals surface area contributed by atoms with Crippen LogP contribution in [0.4, 0.5) is 17.1 Å². The average Bonchev–Trinajstić information content (AvgIpc) is 3.29. The number of thiocarbonyl (C=S) groups is 1. The second kappa shape index (κ2) is 15.4. The zero-order valence-electron chi connectivity index (χ0n) is 26.0. The Labute approximate surface area is 279 Å². The highest BCUT2D eigenvalue weighted by Gasteiger charge is 2.44. The molecule has 2 saturated heterocycles. The molecule has 46 heavy (non-hydrogen) atoms. The molecule has 1 atom stereocenters. The summed E-state index contributed by atoms with van der Waals surface area (Å²) in [4.78, 5) is 47.2. The molecule has 2 aliphatic heterocycles. The average molecular weight is 664 g/mol. The van der Waals surface area contributed by atoms with Crippen LogP contribution in [-0.4, -0.2) is 91.7 Å². The zero-order valence-corrected chi connectivity index (χ0v) is 27.6. The fourth-order valence-corrected chi connectivity index (χ4v) is 6.41. The molecule has 2 amide bonds. The van der Waals surface area contributed by atoms with Crippen LogP contribution in [0.25, 0.3) is 0 Å². The quantitative estimate of drug-likeness (QED) is 0.211. The lowest BCUT2D eigenvalue weighted by atomic mass is 10.1. The molecule has 2 fully saturated rings. The number of hydrogen-bond donors (Lipinski definition) is 1. The van der Waals surface area contributed by atoms with Crippen molar-refractivity contribution in [3.05, 3.63) is 83.4 Å². The summed E-state index contributed by atoms with van der Waals surface area (Å²) in [5.41, 5.74) is 2.64. The minimum absolute atomic E-state index is 0.102. The molecule has 0 bridgehead atoms. The van der Waals surface area contributed by atoms with Gasteiger partial charge in [0.1, 0.15) is 11.8 Å². The Balaban J connectivity index is 1.25. The third-order valence-corrected chi connectivity index (χ3v) is 8.85. The number of esters is 1. The summed E-state index contributed by atoms with van der Waals surface area (Å²) in [6.45, 7) is 7.14. The molecule has 0 unspecified atom stereocenters. The Morgan fingerprint density at radius 3 is 2.33 bits per heavy atom. The van der Waals surface area contributed by atoms with Crippen molar-refractivity contribution in [1.82, 2.24) is 9.80 Å². The Morgan fingerprint density at radius 2 is 1.67 bits per heavy atom. The van der Waals surface area contributed by atoms with Gasteiger partial charge in [0.15, 0.2) is 5.11 Å². The first kappa shape index (κ1) is 33.2. The third-order valence-electron chi connectivity index (χ3n) is 8.14. The number of benzene rings is 3. The van der Waals surface area contributed by atoms with Crippen molar-refractivity contribution in [3.8, 4) is 5.75 Å². The van der Waals surface area contributed by atoms with E-state index in [4.69, 9.17) is 33.3 Å². The molecule has 3 aromatic rings. The van der Waals surface area contributed by atoms with Gasteiger partial charge in [-0.05, 0) is 86.7 Å². The first-order chi connectivity index (χ1) is 22.3. The number of rotatable bonds is 12. The van der Waals surface area contributed by atoms with Gasteiger partial charge in [0.25, 0.3) is 5.91 Å². The van der Waals surface area contributed by atoms with E-state index in [-0.39, 0.29) is 24.8 Å². The second-order valence-corrected chi connectivity index (χ2v) is 11.8. The molecule has 10 nitrogen and oxygen atoms in total. The topological polar surface area (TPSA) is 94.7 Å². The predicted molar refractivity (Wildman–Crippen MR) is 184 cm³/mol. The van der Waals surface area contributed by atoms with Gasteiger partial charge in [-0.3, -0.25) is 19.4 Å². The van der Waals surface area contributed by atoms with Crippen molar-refractivity contribution < 1.29 is 23.9 Å². The highest BCUT2D eigenvalue weighted by molar-refractivity contribution is 7.80. The standard InChI is InChI=1S/C34H38ClN5O5S/c1-3-45-33(43)24-10-12-25(13-11-24)36-31(41)23-29-32(42)40(27-14-15-30(44-2)28(35)22-27)34(46)39(29)17-7-16-37-18-20-38(21-19-37)26-8-5-4-6-9-26/h4-6,8-15,22,29H,3,7,16-21,23H2,1-2H3,(H,36,41)/t29-/m0/s1. The Kier molecular flexibility index (Phi) is 11.1. The zero-order chi connectivity index (χ0) is 32.6. The molecule has 0 aliphatic carbocycles. The molecule has 0 saturated carbocycles.